The van der Waals surface area contributed by atoms with Crippen LogP contribution in [0.5, 0.6) is 0 Å². The van der Waals surface area contributed by atoms with Crippen molar-refractivity contribution in [2.45, 2.75) is 10.6 Å². The third kappa shape index (κ3) is 2.43. The van der Waals surface area contributed by atoms with Crippen molar-refractivity contribution in [2.75, 3.05) is 5.73 Å². The van der Waals surface area contributed by atoms with Crippen molar-refractivity contribution in [3.63, 3.8) is 0 Å². The van der Waals surface area contributed by atoms with Gasteiger partial charge >= 0.3 is 0 Å². The minimum absolute atomic E-state index is 0.485. The quantitative estimate of drug-likeness (QED) is 0.832. The smallest absolute Gasteiger partial charge is 0.0794 e. The van der Waals surface area contributed by atoms with E-state index in [1.54, 1.807) is 23.8 Å². The second-order valence-corrected chi connectivity index (χ2v) is 5.39. The predicted octanol–water partition coefficient (Wildman–Crippen LogP) is 2.03. The van der Waals surface area contributed by atoms with Crippen LogP contribution in [0.25, 0.3) is 0 Å². The van der Waals surface area contributed by atoms with Crippen LogP contribution in [0.2, 0.25) is 0 Å². The van der Waals surface area contributed by atoms with Crippen molar-refractivity contribution in [1.82, 2.24) is 4.98 Å². The summed E-state index contributed by atoms with van der Waals surface area (Å²) < 4.78 is 11.9. The van der Waals surface area contributed by atoms with E-state index in [1.165, 1.54) is 11.3 Å². The number of benzene rings is 1. The van der Waals surface area contributed by atoms with E-state index in [-0.39, 0.29) is 0 Å². The highest BCUT2D eigenvalue weighted by Crippen LogP contribution is 2.19. The Labute approximate surface area is 94.4 Å². The number of rotatable bonds is 3. The molecule has 2 N–H and O–H groups in total. The van der Waals surface area contributed by atoms with Gasteiger partial charge in [0.05, 0.1) is 27.0 Å². The number of hydrogen-bond donors (Lipinski definition) is 1. The van der Waals surface area contributed by atoms with Gasteiger partial charge in [-0.1, -0.05) is 12.1 Å². The minimum Gasteiger partial charge on any atom is -0.398 e. The second kappa shape index (κ2) is 4.55. The first-order valence-electron chi connectivity index (χ1n) is 4.37. The Kier molecular flexibility index (Phi) is 3.13. The Hall–Kier alpha value is -1.20. The third-order valence-corrected chi connectivity index (χ3v) is 4.32. The molecule has 0 aliphatic carbocycles. The van der Waals surface area contributed by atoms with Crippen molar-refractivity contribution < 1.29 is 4.21 Å². The van der Waals surface area contributed by atoms with Crippen LogP contribution in [0.4, 0.5) is 5.69 Å². The first-order chi connectivity index (χ1) is 7.27. The Bertz CT molecular complexity index is 468. The van der Waals surface area contributed by atoms with Gasteiger partial charge in [-0.3, -0.25) is 9.19 Å². The molecule has 1 unspecified atom stereocenters. The van der Waals surface area contributed by atoms with Gasteiger partial charge in [0.25, 0.3) is 0 Å². The normalized spacial score (nSPS) is 12.5. The fourth-order valence-corrected chi connectivity index (χ4v) is 3.23. The number of nitrogens with zero attached hydrogens (tertiary/aromatic N) is 1. The maximum atomic E-state index is 11.9. The first kappa shape index (κ1) is 10.3. The molecule has 0 fully saturated rings. The summed E-state index contributed by atoms with van der Waals surface area (Å²) in [4.78, 5) is 5.65. The highest BCUT2D eigenvalue weighted by molar-refractivity contribution is 7.84. The maximum absolute atomic E-state index is 11.9. The number of anilines is 1. The molecule has 1 aromatic carbocycles. The third-order valence-electron chi connectivity index (χ3n) is 1.92. The van der Waals surface area contributed by atoms with Crippen LogP contribution in [-0.2, 0) is 16.6 Å². The van der Waals surface area contributed by atoms with Crippen molar-refractivity contribution in [3.05, 3.63) is 40.8 Å². The minimum atomic E-state index is -1.08. The molecule has 0 aliphatic heterocycles. The van der Waals surface area contributed by atoms with Gasteiger partial charge in [0.15, 0.2) is 0 Å². The molecule has 1 atom stereocenters. The van der Waals surface area contributed by atoms with Crippen LogP contribution in [0.1, 0.15) is 4.88 Å². The average molecular weight is 238 g/mol. The van der Waals surface area contributed by atoms with Gasteiger partial charge in [0.1, 0.15) is 0 Å². The Balaban J connectivity index is 2.19. The van der Waals surface area contributed by atoms with Gasteiger partial charge in [-0.25, -0.2) is 0 Å². The Morgan fingerprint density at radius 2 is 2.20 bits per heavy atom. The molecular weight excluding hydrogens is 228 g/mol. The van der Waals surface area contributed by atoms with Gasteiger partial charge in [0, 0.05) is 16.8 Å². The molecule has 0 amide bonds. The second-order valence-electron chi connectivity index (χ2n) is 3.00. The van der Waals surface area contributed by atoms with Crippen LogP contribution in [0.15, 0.2) is 40.9 Å². The summed E-state index contributed by atoms with van der Waals surface area (Å²) in [7, 11) is -1.08. The number of para-hydroxylation sites is 1. The van der Waals surface area contributed by atoms with Crippen molar-refractivity contribution in [3.8, 4) is 0 Å². The number of hydrogen-bond acceptors (Lipinski definition) is 4. The lowest BCUT2D eigenvalue weighted by Crippen LogP contribution is -1.99. The molecule has 1 aromatic heterocycles. The zero-order valence-electron chi connectivity index (χ0n) is 7.92. The largest absolute Gasteiger partial charge is 0.398 e. The highest BCUT2D eigenvalue weighted by Gasteiger charge is 2.08. The lowest BCUT2D eigenvalue weighted by molar-refractivity contribution is 0.683. The van der Waals surface area contributed by atoms with E-state index in [2.05, 4.69) is 4.98 Å². The van der Waals surface area contributed by atoms with Crippen LogP contribution in [0, 0.1) is 0 Å². The van der Waals surface area contributed by atoms with Crippen LogP contribution in [-0.4, -0.2) is 9.19 Å². The highest BCUT2D eigenvalue weighted by atomic mass is 32.2. The SMILES string of the molecule is Nc1ccccc1S(=O)Cc1cncs1. The lowest BCUT2D eigenvalue weighted by atomic mass is 10.3. The summed E-state index contributed by atoms with van der Waals surface area (Å²) >= 11 is 1.51. The van der Waals surface area contributed by atoms with E-state index in [0.29, 0.717) is 16.3 Å². The molecular formula is C10H10N2OS2. The molecule has 0 saturated heterocycles. The fraction of sp³-hybridized carbons (Fsp3) is 0.100. The van der Waals surface area contributed by atoms with Crippen LogP contribution >= 0.6 is 11.3 Å². The summed E-state index contributed by atoms with van der Waals surface area (Å²) in [5.41, 5.74) is 8.07. The van der Waals surface area contributed by atoms with E-state index in [1.807, 2.05) is 12.1 Å². The summed E-state index contributed by atoms with van der Waals surface area (Å²) in [6, 6.07) is 7.24. The van der Waals surface area contributed by atoms with Gasteiger partial charge in [-0.05, 0) is 12.1 Å². The Morgan fingerprint density at radius 3 is 2.87 bits per heavy atom. The molecule has 0 spiro atoms. The van der Waals surface area contributed by atoms with E-state index >= 15 is 0 Å². The molecule has 2 aromatic rings. The van der Waals surface area contributed by atoms with Crippen LogP contribution in [0.3, 0.4) is 0 Å². The van der Waals surface area contributed by atoms with Gasteiger partial charge in [-0.15, -0.1) is 11.3 Å². The van der Waals surface area contributed by atoms with E-state index < -0.39 is 10.8 Å². The molecule has 2 rings (SSSR count). The summed E-state index contributed by atoms with van der Waals surface area (Å²) in [5, 5.41) is 0. The number of thiazole rings is 1. The van der Waals surface area contributed by atoms with Crippen molar-refractivity contribution in [1.29, 1.82) is 0 Å². The molecule has 5 heteroatoms. The summed E-state index contributed by atoms with van der Waals surface area (Å²) in [6.07, 6.45) is 1.74. The average Bonchev–Trinajstić information content (AvgIpc) is 2.71. The predicted molar refractivity (Wildman–Crippen MR) is 63.1 cm³/mol. The van der Waals surface area contributed by atoms with E-state index in [9.17, 15) is 4.21 Å². The van der Waals surface area contributed by atoms with Crippen molar-refractivity contribution in [2.24, 2.45) is 0 Å². The topological polar surface area (TPSA) is 56.0 Å². The summed E-state index contributed by atoms with van der Waals surface area (Å²) in [6.45, 7) is 0. The van der Waals surface area contributed by atoms with E-state index in [4.69, 9.17) is 5.73 Å². The number of nitrogens with two attached hydrogens (primary N) is 1. The molecule has 15 heavy (non-hydrogen) atoms. The van der Waals surface area contributed by atoms with Crippen molar-refractivity contribution >= 4 is 27.8 Å². The maximum Gasteiger partial charge on any atom is 0.0794 e. The molecule has 0 bridgehead atoms. The van der Waals surface area contributed by atoms with Gasteiger partial charge in [-0.2, -0.15) is 0 Å². The molecule has 0 saturated carbocycles. The summed E-state index contributed by atoms with van der Waals surface area (Å²) in [5.74, 6) is 0.485. The number of nitrogen functional groups attached to an aromatic ring is 1. The first-order valence-corrected chi connectivity index (χ1v) is 6.57. The van der Waals surface area contributed by atoms with Gasteiger partial charge in [0.2, 0.25) is 0 Å². The lowest BCUT2D eigenvalue weighted by Gasteiger charge is -2.03. The molecule has 1 heterocycles. The molecule has 3 nitrogen and oxygen atoms in total. The monoisotopic (exact) mass is 238 g/mol. The van der Waals surface area contributed by atoms with E-state index in [0.717, 1.165) is 4.88 Å². The number of aromatic nitrogens is 1. The Morgan fingerprint density at radius 1 is 1.40 bits per heavy atom. The van der Waals surface area contributed by atoms with Gasteiger partial charge < -0.3 is 5.73 Å². The molecule has 0 aliphatic rings. The van der Waals surface area contributed by atoms with Crippen LogP contribution < -0.4 is 5.73 Å². The standard InChI is InChI=1S/C10H10N2OS2/c11-9-3-1-2-4-10(9)15(13)6-8-5-12-7-14-8/h1-5,7H,6,11H2. The zero-order valence-corrected chi connectivity index (χ0v) is 9.55. The zero-order chi connectivity index (χ0) is 10.7. The molecule has 0 radical (unpaired) electrons. The fourth-order valence-electron chi connectivity index (χ4n) is 1.21. The molecule has 78 valence electrons.